The molecule has 0 radical (unpaired) electrons. The topological polar surface area (TPSA) is 46.6 Å². The highest BCUT2D eigenvalue weighted by Crippen LogP contribution is 2.08. The van der Waals surface area contributed by atoms with E-state index in [9.17, 15) is 9.59 Å². The second-order valence-corrected chi connectivity index (χ2v) is 2.44. The molecule has 62 valence electrons. The number of aldehydes is 1. The van der Waals surface area contributed by atoms with Crippen molar-refractivity contribution in [2.24, 2.45) is 0 Å². The van der Waals surface area contributed by atoms with Gasteiger partial charge in [0.2, 0.25) is 0 Å². The van der Waals surface area contributed by atoms with Crippen molar-refractivity contribution in [3.05, 3.63) is 0 Å². The Morgan fingerprint density at radius 3 is 2.64 bits per heavy atom. The van der Waals surface area contributed by atoms with Gasteiger partial charge in [0.1, 0.15) is 6.61 Å². The summed E-state index contributed by atoms with van der Waals surface area (Å²) in [6.45, 7) is 1.39. The van der Waals surface area contributed by atoms with Crippen LogP contribution in [0.4, 0.5) is 4.79 Å². The molecule has 0 unspecified atom stereocenters. The van der Waals surface area contributed by atoms with Crippen LogP contribution in [-0.2, 0) is 9.53 Å². The number of carbonyl (C=O) groups is 2. The minimum Gasteiger partial charge on any atom is -0.442 e. The van der Waals surface area contributed by atoms with Gasteiger partial charge in [-0.25, -0.2) is 4.79 Å². The molecule has 0 aromatic heterocycles. The highest BCUT2D eigenvalue weighted by molar-refractivity contribution is 5.69. The molecule has 0 bridgehead atoms. The van der Waals surface area contributed by atoms with E-state index in [-0.39, 0.29) is 12.7 Å². The fourth-order valence-corrected chi connectivity index (χ4v) is 1.10. The normalized spacial score (nSPS) is 16.5. The van der Waals surface area contributed by atoms with Gasteiger partial charge >= 0.3 is 6.09 Å². The Labute approximate surface area is 65.1 Å². The smallest absolute Gasteiger partial charge is 0.410 e. The Kier molecular flexibility index (Phi) is 2.89. The van der Waals surface area contributed by atoms with E-state index in [1.165, 1.54) is 0 Å². The van der Waals surface area contributed by atoms with Crippen LogP contribution in [0.25, 0.3) is 0 Å². The molecule has 0 N–H and O–H groups in total. The first-order chi connectivity index (χ1) is 5.34. The van der Waals surface area contributed by atoms with Gasteiger partial charge in [0.25, 0.3) is 0 Å². The molecule has 4 heteroatoms. The average molecular weight is 157 g/mol. The van der Waals surface area contributed by atoms with Gasteiger partial charge in [-0.2, -0.15) is 0 Å². The van der Waals surface area contributed by atoms with Crippen LogP contribution in [-0.4, -0.2) is 37.0 Å². The van der Waals surface area contributed by atoms with Crippen LogP contribution in [0, 0.1) is 0 Å². The Bertz CT molecular complexity index is 152. The van der Waals surface area contributed by atoms with Crippen molar-refractivity contribution in [2.75, 3.05) is 19.7 Å². The van der Waals surface area contributed by atoms with Crippen molar-refractivity contribution in [3.63, 3.8) is 0 Å². The first-order valence-electron chi connectivity index (χ1n) is 3.70. The molecule has 0 aliphatic carbocycles. The number of hydrogen-bond acceptors (Lipinski definition) is 3. The summed E-state index contributed by atoms with van der Waals surface area (Å²) in [6.07, 6.45) is 2.29. The molecule has 0 spiro atoms. The van der Waals surface area contributed by atoms with Crippen LogP contribution < -0.4 is 0 Å². The number of ether oxygens (including phenoxy) is 1. The van der Waals surface area contributed by atoms with Gasteiger partial charge in [0, 0.05) is 13.1 Å². The highest BCUT2D eigenvalue weighted by Gasteiger charge is 2.18. The van der Waals surface area contributed by atoms with Crippen molar-refractivity contribution in [3.8, 4) is 0 Å². The lowest BCUT2D eigenvalue weighted by atomic mass is 10.4. The first kappa shape index (κ1) is 8.04. The quantitative estimate of drug-likeness (QED) is 0.546. The molecule has 1 amide bonds. The standard InChI is InChI=1S/C7H11NO3/c9-5-6-11-7(10)8-3-1-2-4-8/h5H,1-4,6H2. The fourth-order valence-electron chi connectivity index (χ4n) is 1.10. The molecule has 4 nitrogen and oxygen atoms in total. The number of rotatable bonds is 2. The summed E-state index contributed by atoms with van der Waals surface area (Å²) < 4.78 is 4.59. The van der Waals surface area contributed by atoms with E-state index < -0.39 is 0 Å². The highest BCUT2D eigenvalue weighted by atomic mass is 16.6. The third-order valence-corrected chi connectivity index (χ3v) is 1.64. The zero-order chi connectivity index (χ0) is 8.10. The van der Waals surface area contributed by atoms with Crippen molar-refractivity contribution in [2.45, 2.75) is 12.8 Å². The molecule has 0 aromatic carbocycles. The van der Waals surface area contributed by atoms with Crippen molar-refractivity contribution in [1.29, 1.82) is 0 Å². The van der Waals surface area contributed by atoms with E-state index >= 15 is 0 Å². The van der Waals surface area contributed by atoms with E-state index in [1.807, 2.05) is 0 Å². The second kappa shape index (κ2) is 3.95. The summed E-state index contributed by atoms with van der Waals surface area (Å²) in [5.74, 6) is 0. The molecule has 1 fully saturated rings. The van der Waals surface area contributed by atoms with E-state index in [0.717, 1.165) is 25.9 Å². The zero-order valence-corrected chi connectivity index (χ0v) is 6.28. The monoisotopic (exact) mass is 157 g/mol. The Morgan fingerprint density at radius 2 is 2.09 bits per heavy atom. The lowest BCUT2D eigenvalue weighted by molar-refractivity contribution is -0.110. The van der Waals surface area contributed by atoms with Crippen molar-refractivity contribution < 1.29 is 14.3 Å². The lowest BCUT2D eigenvalue weighted by Crippen LogP contribution is -2.28. The maximum atomic E-state index is 10.9. The van der Waals surface area contributed by atoms with Crippen molar-refractivity contribution in [1.82, 2.24) is 4.90 Å². The van der Waals surface area contributed by atoms with Gasteiger partial charge in [-0.1, -0.05) is 0 Å². The van der Waals surface area contributed by atoms with E-state index in [1.54, 1.807) is 4.90 Å². The van der Waals surface area contributed by atoms with E-state index in [0.29, 0.717) is 6.29 Å². The maximum absolute atomic E-state index is 10.9. The molecule has 0 aromatic rings. The zero-order valence-electron chi connectivity index (χ0n) is 6.28. The summed E-state index contributed by atoms with van der Waals surface area (Å²) in [6, 6.07) is 0. The third-order valence-electron chi connectivity index (χ3n) is 1.64. The lowest BCUT2D eigenvalue weighted by Gasteiger charge is -2.13. The fraction of sp³-hybridized carbons (Fsp3) is 0.714. The Morgan fingerprint density at radius 1 is 1.45 bits per heavy atom. The summed E-state index contributed by atoms with van der Waals surface area (Å²) >= 11 is 0. The summed E-state index contributed by atoms with van der Waals surface area (Å²) in [7, 11) is 0. The van der Waals surface area contributed by atoms with Crippen LogP contribution in [0.5, 0.6) is 0 Å². The summed E-state index contributed by atoms with van der Waals surface area (Å²) in [5, 5.41) is 0. The summed E-state index contributed by atoms with van der Waals surface area (Å²) in [4.78, 5) is 22.4. The third kappa shape index (κ3) is 2.22. The predicted molar refractivity (Wildman–Crippen MR) is 38.2 cm³/mol. The van der Waals surface area contributed by atoms with Crippen LogP contribution in [0.1, 0.15) is 12.8 Å². The Hall–Kier alpha value is -1.06. The maximum Gasteiger partial charge on any atom is 0.410 e. The van der Waals surface area contributed by atoms with Crippen LogP contribution in [0.3, 0.4) is 0 Å². The molecule has 1 rings (SSSR count). The molecule has 0 saturated carbocycles. The molecular weight excluding hydrogens is 146 g/mol. The molecular formula is C7H11NO3. The largest absolute Gasteiger partial charge is 0.442 e. The number of amides is 1. The second-order valence-electron chi connectivity index (χ2n) is 2.44. The van der Waals surface area contributed by atoms with E-state index in [4.69, 9.17) is 0 Å². The van der Waals surface area contributed by atoms with Gasteiger partial charge in [0.05, 0.1) is 0 Å². The minimum atomic E-state index is -0.366. The van der Waals surface area contributed by atoms with Gasteiger partial charge in [-0.3, -0.25) is 4.79 Å². The average Bonchev–Trinajstić information content (AvgIpc) is 2.52. The van der Waals surface area contributed by atoms with Crippen LogP contribution in [0.2, 0.25) is 0 Å². The van der Waals surface area contributed by atoms with Gasteiger partial charge < -0.3 is 9.64 Å². The first-order valence-corrected chi connectivity index (χ1v) is 3.70. The minimum absolute atomic E-state index is 0.130. The summed E-state index contributed by atoms with van der Waals surface area (Å²) in [5.41, 5.74) is 0. The van der Waals surface area contributed by atoms with Crippen molar-refractivity contribution >= 4 is 12.4 Å². The van der Waals surface area contributed by atoms with Crippen LogP contribution >= 0.6 is 0 Å². The number of likely N-dealkylation sites (tertiary alicyclic amines) is 1. The molecule has 1 saturated heterocycles. The van der Waals surface area contributed by atoms with Gasteiger partial charge in [0.15, 0.2) is 6.29 Å². The molecule has 1 aliphatic heterocycles. The molecule has 1 heterocycles. The SMILES string of the molecule is O=CCOC(=O)N1CCCC1. The molecule has 1 aliphatic rings. The number of hydrogen-bond donors (Lipinski definition) is 0. The molecule has 11 heavy (non-hydrogen) atoms. The van der Waals surface area contributed by atoms with E-state index in [2.05, 4.69) is 4.74 Å². The van der Waals surface area contributed by atoms with Crippen LogP contribution in [0.15, 0.2) is 0 Å². The number of carbonyl (C=O) groups excluding carboxylic acids is 2. The van der Waals surface area contributed by atoms with Gasteiger partial charge in [-0.05, 0) is 12.8 Å². The molecule has 0 atom stereocenters. The number of nitrogens with zero attached hydrogens (tertiary/aromatic N) is 1. The Balaban J connectivity index is 2.22. The van der Waals surface area contributed by atoms with Gasteiger partial charge in [-0.15, -0.1) is 0 Å². The predicted octanol–water partition coefficient (Wildman–Crippen LogP) is 0.418.